The number of nitrogens with two attached hydrogens (primary N) is 1. The first kappa shape index (κ1) is 15.0. The van der Waals surface area contributed by atoms with Gasteiger partial charge in [-0.1, -0.05) is 0 Å². The third-order valence-corrected chi connectivity index (χ3v) is 3.70. The molecule has 0 spiro atoms. The minimum Gasteiger partial charge on any atom is -0.366 e. The first-order valence-corrected chi connectivity index (χ1v) is 8.08. The number of primary amides is 1. The summed E-state index contributed by atoms with van der Waals surface area (Å²) >= 11 is 0. The zero-order chi connectivity index (χ0) is 15.6. The maximum atomic E-state index is 11.9. The van der Waals surface area contributed by atoms with E-state index < -0.39 is 21.7 Å². The molecule has 0 fully saturated rings. The predicted octanol–water partition coefficient (Wildman–Crippen LogP) is -0.792. The normalized spacial score (nSPS) is 11.5. The fourth-order valence-electron chi connectivity index (χ4n) is 1.78. The van der Waals surface area contributed by atoms with Gasteiger partial charge in [0.2, 0.25) is 0 Å². The quantitative estimate of drug-likeness (QED) is 0.749. The van der Waals surface area contributed by atoms with Gasteiger partial charge in [-0.25, -0.2) is 12.9 Å². The lowest BCUT2D eigenvalue weighted by Crippen LogP contribution is -2.29. The highest BCUT2D eigenvalue weighted by Gasteiger charge is 2.15. The van der Waals surface area contributed by atoms with E-state index in [2.05, 4.69) is 10.4 Å². The van der Waals surface area contributed by atoms with Crippen molar-refractivity contribution in [2.75, 3.05) is 18.6 Å². The van der Waals surface area contributed by atoms with Gasteiger partial charge in [0.1, 0.15) is 9.84 Å². The molecule has 2 aromatic heterocycles. The lowest BCUT2D eigenvalue weighted by atomic mass is 10.2. The van der Waals surface area contributed by atoms with E-state index in [-0.39, 0.29) is 23.6 Å². The van der Waals surface area contributed by atoms with Crippen LogP contribution in [0.5, 0.6) is 0 Å². The number of fused-ring (bicyclic) bond motifs is 1. The van der Waals surface area contributed by atoms with Crippen LogP contribution in [-0.4, -0.2) is 48.4 Å². The SMILES string of the molecule is CS(=O)(=O)CCNC(=O)c1cc2c(C(N)=O)cccn2n1. The largest absolute Gasteiger partial charge is 0.366 e. The van der Waals surface area contributed by atoms with Crippen molar-refractivity contribution in [1.29, 1.82) is 0 Å². The molecule has 0 aliphatic carbocycles. The fraction of sp³-hybridized carbons (Fsp3) is 0.250. The molecule has 0 atom stereocenters. The Morgan fingerprint density at radius 3 is 2.76 bits per heavy atom. The summed E-state index contributed by atoms with van der Waals surface area (Å²) in [4.78, 5) is 23.2. The number of rotatable bonds is 5. The molecular formula is C12H14N4O4S. The number of sulfone groups is 1. The van der Waals surface area contributed by atoms with Crippen LogP contribution in [0.25, 0.3) is 5.52 Å². The number of carbonyl (C=O) groups is 2. The highest BCUT2D eigenvalue weighted by atomic mass is 32.2. The Morgan fingerprint density at radius 1 is 1.43 bits per heavy atom. The van der Waals surface area contributed by atoms with E-state index >= 15 is 0 Å². The molecule has 0 saturated heterocycles. The molecule has 0 radical (unpaired) electrons. The van der Waals surface area contributed by atoms with Crippen molar-refractivity contribution >= 4 is 27.2 Å². The van der Waals surface area contributed by atoms with Gasteiger partial charge in [0.25, 0.3) is 11.8 Å². The summed E-state index contributed by atoms with van der Waals surface area (Å²) in [5, 5.41) is 6.47. The molecule has 0 bridgehead atoms. The molecule has 0 saturated carbocycles. The summed E-state index contributed by atoms with van der Waals surface area (Å²) in [7, 11) is -3.15. The second kappa shape index (κ2) is 5.52. The van der Waals surface area contributed by atoms with Crippen LogP contribution in [0.4, 0.5) is 0 Å². The van der Waals surface area contributed by atoms with Gasteiger partial charge in [-0.2, -0.15) is 5.10 Å². The van der Waals surface area contributed by atoms with Crippen LogP contribution < -0.4 is 11.1 Å². The van der Waals surface area contributed by atoms with Crippen molar-refractivity contribution in [2.24, 2.45) is 5.73 Å². The van der Waals surface area contributed by atoms with Gasteiger partial charge in [0.05, 0.1) is 16.8 Å². The lowest BCUT2D eigenvalue weighted by Gasteiger charge is -2.00. The van der Waals surface area contributed by atoms with E-state index in [1.807, 2.05) is 0 Å². The smallest absolute Gasteiger partial charge is 0.271 e. The van der Waals surface area contributed by atoms with Gasteiger partial charge in [-0.05, 0) is 18.2 Å². The number of pyridine rings is 1. The van der Waals surface area contributed by atoms with E-state index in [0.29, 0.717) is 5.52 Å². The van der Waals surface area contributed by atoms with Crippen molar-refractivity contribution in [3.05, 3.63) is 35.7 Å². The number of hydrogen-bond donors (Lipinski definition) is 2. The highest BCUT2D eigenvalue weighted by Crippen LogP contribution is 2.12. The van der Waals surface area contributed by atoms with E-state index in [1.54, 1.807) is 12.3 Å². The molecule has 2 rings (SSSR count). The number of carbonyl (C=O) groups excluding carboxylic acids is 2. The molecule has 8 nitrogen and oxygen atoms in total. The number of amides is 2. The van der Waals surface area contributed by atoms with Crippen LogP contribution in [0.2, 0.25) is 0 Å². The Kier molecular flexibility index (Phi) is 3.94. The Hall–Kier alpha value is -2.42. The molecule has 21 heavy (non-hydrogen) atoms. The summed E-state index contributed by atoms with van der Waals surface area (Å²) < 4.78 is 23.3. The first-order chi connectivity index (χ1) is 9.78. The van der Waals surface area contributed by atoms with Crippen LogP contribution in [0.1, 0.15) is 20.8 Å². The zero-order valence-corrected chi connectivity index (χ0v) is 12.1. The van der Waals surface area contributed by atoms with Gasteiger partial charge < -0.3 is 11.1 Å². The molecule has 2 amide bonds. The van der Waals surface area contributed by atoms with Gasteiger partial charge in [-0.3, -0.25) is 9.59 Å². The van der Waals surface area contributed by atoms with Gasteiger partial charge in [-0.15, -0.1) is 0 Å². The monoisotopic (exact) mass is 310 g/mol. The minimum atomic E-state index is -3.15. The highest BCUT2D eigenvalue weighted by molar-refractivity contribution is 7.90. The Labute approximate surface area is 120 Å². The van der Waals surface area contributed by atoms with Crippen LogP contribution in [0.15, 0.2) is 24.4 Å². The molecule has 2 heterocycles. The molecule has 2 aromatic rings. The molecule has 0 unspecified atom stereocenters. The van der Waals surface area contributed by atoms with Crippen molar-refractivity contribution in [3.8, 4) is 0 Å². The van der Waals surface area contributed by atoms with Crippen molar-refractivity contribution in [3.63, 3.8) is 0 Å². The Balaban J connectivity index is 2.21. The average Bonchev–Trinajstić information content (AvgIpc) is 2.80. The van der Waals surface area contributed by atoms with Gasteiger partial charge in [0, 0.05) is 19.0 Å². The molecule has 9 heteroatoms. The number of hydrogen-bond acceptors (Lipinski definition) is 5. The van der Waals surface area contributed by atoms with Crippen LogP contribution >= 0.6 is 0 Å². The summed E-state index contributed by atoms with van der Waals surface area (Å²) in [5.74, 6) is -1.29. The van der Waals surface area contributed by atoms with Gasteiger partial charge >= 0.3 is 0 Å². The molecule has 0 aromatic carbocycles. The molecular weight excluding hydrogens is 296 g/mol. The third-order valence-electron chi connectivity index (χ3n) is 2.76. The Bertz CT molecular complexity index is 810. The van der Waals surface area contributed by atoms with Crippen LogP contribution in [-0.2, 0) is 9.84 Å². The molecule has 0 aliphatic rings. The third kappa shape index (κ3) is 3.57. The summed E-state index contributed by atoms with van der Waals surface area (Å²) in [5.41, 5.74) is 5.99. The average molecular weight is 310 g/mol. The molecule has 0 aliphatic heterocycles. The van der Waals surface area contributed by atoms with E-state index in [1.165, 1.54) is 16.6 Å². The van der Waals surface area contributed by atoms with Crippen LogP contribution in [0.3, 0.4) is 0 Å². The lowest BCUT2D eigenvalue weighted by molar-refractivity contribution is 0.0949. The number of aromatic nitrogens is 2. The number of nitrogens with zero attached hydrogens (tertiary/aromatic N) is 2. The zero-order valence-electron chi connectivity index (χ0n) is 11.2. The summed E-state index contributed by atoms with van der Waals surface area (Å²) in [6.07, 6.45) is 2.66. The van der Waals surface area contributed by atoms with E-state index in [0.717, 1.165) is 6.26 Å². The number of nitrogens with one attached hydrogen (secondary N) is 1. The summed E-state index contributed by atoms with van der Waals surface area (Å²) in [6, 6.07) is 4.55. The maximum Gasteiger partial charge on any atom is 0.271 e. The van der Waals surface area contributed by atoms with Crippen molar-refractivity contribution in [1.82, 2.24) is 14.9 Å². The standard InChI is InChI=1S/C12H14N4O4S/c1-21(19,20)6-4-14-12(18)9-7-10-8(11(13)17)3-2-5-16(10)15-9/h2-3,5,7H,4,6H2,1H3,(H2,13,17)(H,14,18). The second-order valence-electron chi connectivity index (χ2n) is 4.53. The Morgan fingerprint density at radius 2 is 2.14 bits per heavy atom. The maximum absolute atomic E-state index is 11.9. The van der Waals surface area contributed by atoms with Gasteiger partial charge in [0.15, 0.2) is 5.69 Å². The fourth-order valence-corrected chi connectivity index (χ4v) is 2.25. The minimum absolute atomic E-state index is 0.00574. The first-order valence-electron chi connectivity index (χ1n) is 6.02. The van der Waals surface area contributed by atoms with Crippen molar-refractivity contribution in [2.45, 2.75) is 0 Å². The van der Waals surface area contributed by atoms with Crippen LogP contribution in [0, 0.1) is 0 Å². The van der Waals surface area contributed by atoms with E-state index in [4.69, 9.17) is 5.73 Å². The second-order valence-corrected chi connectivity index (χ2v) is 6.79. The predicted molar refractivity (Wildman–Crippen MR) is 75.8 cm³/mol. The molecule has 3 N–H and O–H groups in total. The van der Waals surface area contributed by atoms with E-state index in [9.17, 15) is 18.0 Å². The van der Waals surface area contributed by atoms with Crippen molar-refractivity contribution < 1.29 is 18.0 Å². The topological polar surface area (TPSA) is 124 Å². The summed E-state index contributed by atoms with van der Waals surface area (Å²) in [6.45, 7) is -0.00574. The molecule has 112 valence electrons.